The number of methoxy groups -OCH3 is 1. The van der Waals surface area contributed by atoms with Gasteiger partial charge in [0.05, 0.1) is 13.2 Å². The number of phosphoric ester groups is 1. The molecular weight excluding hydrogens is 494 g/mol. The number of alkyl halides is 1. The predicted octanol–water partition coefficient (Wildman–Crippen LogP) is 0.199. The van der Waals surface area contributed by atoms with E-state index in [1.54, 1.807) is 0 Å². The number of rotatable bonds is 12. The van der Waals surface area contributed by atoms with E-state index in [0.717, 1.165) is 37.9 Å². The summed E-state index contributed by atoms with van der Waals surface area (Å²) in [6.07, 6.45) is -0.121. The summed E-state index contributed by atoms with van der Waals surface area (Å²) in [6.45, 7) is -1.14. The van der Waals surface area contributed by atoms with Crippen molar-refractivity contribution < 1.29 is 47.3 Å². The fourth-order valence-corrected chi connectivity index (χ4v) is 4.83. The minimum absolute atomic E-state index is 0.0867. The summed E-state index contributed by atoms with van der Waals surface area (Å²) in [5.41, 5.74) is -1.76. The molecule has 1 aromatic rings. The van der Waals surface area contributed by atoms with Gasteiger partial charge in [0.15, 0.2) is 6.23 Å². The van der Waals surface area contributed by atoms with E-state index in [2.05, 4.69) is 4.52 Å². The molecule has 1 aliphatic carbocycles. The molecule has 0 bridgehead atoms. The van der Waals surface area contributed by atoms with Crippen molar-refractivity contribution in [1.29, 1.82) is 0 Å². The number of aromatic amines is 1. The number of ether oxygens (including phenoxy) is 3. The molecule has 0 amide bonds. The monoisotopic (exact) mass is 526 g/mol. The Morgan fingerprint density at radius 3 is 2.63 bits per heavy atom. The normalized spacial score (nSPS) is 30.3. The molecule has 35 heavy (non-hydrogen) atoms. The lowest BCUT2D eigenvalue weighted by atomic mass is 9.90. The average molecular weight is 526 g/mol. The summed E-state index contributed by atoms with van der Waals surface area (Å²) in [5.74, 6) is -2.77. The molecule has 2 heterocycles. The number of hydrogen-bond donors (Lipinski definition) is 4. The van der Waals surface area contributed by atoms with Crippen LogP contribution in [0, 0.1) is 5.92 Å². The SMILES string of the molecule is COCC(COP(=O)(O)OC[C@@]1(F)O[C@@H](n2ccc(=O)[nH]c2=O)[C@H](O)[C@@H]1O)OCC1CCCCC1. The topological polar surface area (TPSA) is 179 Å². The van der Waals surface area contributed by atoms with Crippen molar-refractivity contribution in [2.24, 2.45) is 5.92 Å². The number of aliphatic hydroxyl groups is 2. The number of H-pyrrole nitrogens is 1. The molecule has 1 aromatic heterocycles. The minimum atomic E-state index is -4.84. The van der Waals surface area contributed by atoms with Crippen LogP contribution in [0.25, 0.3) is 0 Å². The second-order valence-corrected chi connectivity index (χ2v) is 10.2. The van der Waals surface area contributed by atoms with Crippen LogP contribution in [0.4, 0.5) is 4.39 Å². The van der Waals surface area contributed by atoms with E-state index >= 15 is 4.39 Å². The van der Waals surface area contributed by atoms with Gasteiger partial charge in [-0.2, -0.15) is 0 Å². The number of phosphoric acid groups is 1. The third-order valence-electron chi connectivity index (χ3n) is 5.99. The Morgan fingerprint density at radius 1 is 1.26 bits per heavy atom. The van der Waals surface area contributed by atoms with Crippen LogP contribution in [-0.4, -0.2) is 82.4 Å². The Kier molecular flexibility index (Phi) is 9.77. The fourth-order valence-electron chi connectivity index (χ4n) is 4.06. The zero-order valence-corrected chi connectivity index (χ0v) is 20.2. The lowest BCUT2D eigenvalue weighted by Gasteiger charge is -2.26. The molecule has 1 saturated carbocycles. The van der Waals surface area contributed by atoms with Crippen LogP contribution < -0.4 is 11.2 Å². The van der Waals surface area contributed by atoms with Crippen molar-refractivity contribution in [3.8, 4) is 0 Å². The van der Waals surface area contributed by atoms with E-state index in [4.69, 9.17) is 18.7 Å². The molecule has 1 aliphatic heterocycles. The zero-order valence-electron chi connectivity index (χ0n) is 19.3. The molecule has 3 rings (SSSR count). The largest absolute Gasteiger partial charge is 0.472 e. The Morgan fingerprint density at radius 2 is 1.97 bits per heavy atom. The van der Waals surface area contributed by atoms with Crippen LogP contribution in [0.15, 0.2) is 21.9 Å². The van der Waals surface area contributed by atoms with Gasteiger partial charge in [0.2, 0.25) is 0 Å². The van der Waals surface area contributed by atoms with E-state index < -0.39 is 56.1 Å². The highest BCUT2D eigenvalue weighted by atomic mass is 31.2. The Labute approximate surface area is 200 Å². The van der Waals surface area contributed by atoms with E-state index in [9.17, 15) is 29.3 Å². The molecule has 0 spiro atoms. The molecule has 2 aliphatic rings. The third kappa shape index (κ3) is 7.51. The van der Waals surface area contributed by atoms with Crippen LogP contribution in [0.2, 0.25) is 0 Å². The summed E-state index contributed by atoms with van der Waals surface area (Å²) in [4.78, 5) is 35.0. The second-order valence-electron chi connectivity index (χ2n) is 8.70. The van der Waals surface area contributed by atoms with Gasteiger partial charge in [-0.3, -0.25) is 23.4 Å². The maximum Gasteiger partial charge on any atom is 0.472 e. The van der Waals surface area contributed by atoms with Gasteiger partial charge in [-0.25, -0.2) is 13.8 Å². The van der Waals surface area contributed by atoms with Crippen molar-refractivity contribution in [3.63, 3.8) is 0 Å². The Balaban J connectivity index is 1.54. The molecule has 6 atom stereocenters. The number of halogens is 1. The summed E-state index contributed by atoms with van der Waals surface area (Å²) >= 11 is 0. The number of hydrogen-bond acceptors (Lipinski definition) is 10. The first-order valence-corrected chi connectivity index (χ1v) is 12.8. The zero-order chi connectivity index (χ0) is 25.6. The molecule has 2 unspecified atom stereocenters. The molecular formula is C20H32FN2O11P. The highest BCUT2D eigenvalue weighted by molar-refractivity contribution is 7.47. The number of aliphatic hydroxyl groups excluding tert-OH is 2. The van der Waals surface area contributed by atoms with Crippen LogP contribution in [0.3, 0.4) is 0 Å². The molecule has 13 nitrogen and oxygen atoms in total. The lowest BCUT2D eigenvalue weighted by molar-refractivity contribution is -0.205. The highest BCUT2D eigenvalue weighted by Crippen LogP contribution is 2.47. The first-order chi connectivity index (χ1) is 16.5. The maximum absolute atomic E-state index is 15.2. The Bertz CT molecular complexity index is 984. The van der Waals surface area contributed by atoms with Gasteiger partial charge in [0.25, 0.3) is 11.4 Å². The van der Waals surface area contributed by atoms with Gasteiger partial charge in [0.1, 0.15) is 24.9 Å². The molecule has 2 fully saturated rings. The average Bonchev–Trinajstić information content (AvgIpc) is 3.05. The summed E-state index contributed by atoms with van der Waals surface area (Å²) in [6, 6.07) is 0.932. The fraction of sp³-hybridized carbons (Fsp3) is 0.800. The van der Waals surface area contributed by atoms with Crippen molar-refractivity contribution >= 4 is 7.82 Å². The number of nitrogens with one attached hydrogen (secondary N) is 1. The molecule has 15 heteroatoms. The van der Waals surface area contributed by atoms with Gasteiger partial charge in [0, 0.05) is 26.0 Å². The summed E-state index contributed by atoms with van der Waals surface area (Å²) < 4.78 is 53.5. The van der Waals surface area contributed by atoms with E-state index in [-0.39, 0.29) is 13.2 Å². The standard InChI is InChI=1S/C20H32FN2O11P/c1-30-10-14(31-9-13-5-3-2-4-6-13)11-32-35(28,29)33-12-20(21)17(26)16(25)18(34-20)23-8-7-15(24)22-19(23)27/h7-8,13-14,16-18,25-26H,2-6,9-12H2,1H3,(H,28,29)(H,22,24,27)/t14?,16-,17+,18-,20-/m1/s1. The van der Waals surface area contributed by atoms with Crippen LogP contribution in [0.5, 0.6) is 0 Å². The van der Waals surface area contributed by atoms with Crippen molar-refractivity contribution in [3.05, 3.63) is 33.1 Å². The van der Waals surface area contributed by atoms with Gasteiger partial charge in [-0.05, 0) is 18.8 Å². The van der Waals surface area contributed by atoms with E-state index in [1.807, 2.05) is 4.98 Å². The summed E-state index contributed by atoms with van der Waals surface area (Å²) in [5, 5.41) is 20.3. The molecule has 0 aromatic carbocycles. The first-order valence-electron chi connectivity index (χ1n) is 11.3. The van der Waals surface area contributed by atoms with E-state index in [0.29, 0.717) is 17.1 Å². The van der Waals surface area contributed by atoms with Gasteiger partial charge in [-0.1, -0.05) is 19.3 Å². The predicted molar refractivity (Wildman–Crippen MR) is 117 cm³/mol. The maximum atomic E-state index is 15.2. The van der Waals surface area contributed by atoms with Crippen molar-refractivity contribution in [2.75, 3.05) is 33.5 Å². The van der Waals surface area contributed by atoms with Crippen molar-refractivity contribution in [2.45, 2.75) is 62.5 Å². The molecule has 0 radical (unpaired) electrons. The van der Waals surface area contributed by atoms with Crippen LogP contribution in [-0.2, 0) is 27.8 Å². The second kappa shape index (κ2) is 12.2. The smallest absolute Gasteiger partial charge is 0.385 e. The van der Waals surface area contributed by atoms with Gasteiger partial charge in [-0.15, -0.1) is 0 Å². The lowest BCUT2D eigenvalue weighted by Crippen LogP contribution is -2.43. The van der Waals surface area contributed by atoms with E-state index in [1.165, 1.54) is 13.5 Å². The highest BCUT2D eigenvalue weighted by Gasteiger charge is 2.57. The molecule has 200 valence electrons. The van der Waals surface area contributed by atoms with Gasteiger partial charge < -0.3 is 29.3 Å². The number of aromatic nitrogens is 2. The minimum Gasteiger partial charge on any atom is -0.385 e. The van der Waals surface area contributed by atoms with Crippen molar-refractivity contribution in [1.82, 2.24) is 9.55 Å². The Hall–Kier alpha value is -1.48. The number of nitrogens with zero attached hydrogens (tertiary/aromatic N) is 1. The van der Waals surface area contributed by atoms with Crippen LogP contribution >= 0.6 is 7.82 Å². The van der Waals surface area contributed by atoms with Crippen LogP contribution in [0.1, 0.15) is 38.3 Å². The third-order valence-corrected chi connectivity index (χ3v) is 6.92. The molecule has 1 saturated heterocycles. The summed E-state index contributed by atoms with van der Waals surface area (Å²) in [7, 11) is -3.40. The van der Waals surface area contributed by atoms with Gasteiger partial charge >= 0.3 is 13.5 Å². The quantitative estimate of drug-likeness (QED) is 0.273. The first kappa shape index (κ1) is 28.1. The molecule has 4 N–H and O–H groups in total.